The Labute approximate surface area is 142 Å². The van der Waals surface area contributed by atoms with Crippen LogP contribution in [0.3, 0.4) is 0 Å². The van der Waals surface area contributed by atoms with Gasteiger partial charge in [-0.15, -0.1) is 0 Å². The van der Waals surface area contributed by atoms with E-state index in [1.165, 1.54) is 11.9 Å². The molecule has 6 heteroatoms. The zero-order valence-electron chi connectivity index (χ0n) is 14.3. The lowest BCUT2D eigenvalue weighted by Crippen LogP contribution is -2.39. The van der Waals surface area contributed by atoms with Gasteiger partial charge in [-0.25, -0.2) is 9.67 Å². The molecule has 0 saturated heterocycles. The standard InChI is InChI=1S/C18H25N5O/c1-12(2)13-6-8-14(9-7-13)15(19)10-20-18(24)16-4-3-5-17-21-11-22-23(16)17/h6-9,11-12,15-16H,3-5,10,19H2,1-2H3,(H,20,24). The van der Waals surface area contributed by atoms with Crippen molar-refractivity contribution < 1.29 is 4.79 Å². The van der Waals surface area contributed by atoms with Crippen molar-refractivity contribution in [3.05, 3.63) is 47.5 Å². The monoisotopic (exact) mass is 327 g/mol. The van der Waals surface area contributed by atoms with Crippen LogP contribution >= 0.6 is 0 Å². The fourth-order valence-electron chi connectivity index (χ4n) is 3.11. The highest BCUT2D eigenvalue weighted by Crippen LogP contribution is 2.22. The van der Waals surface area contributed by atoms with Crippen molar-refractivity contribution in [1.82, 2.24) is 20.1 Å². The van der Waals surface area contributed by atoms with E-state index in [0.29, 0.717) is 12.5 Å². The molecule has 2 heterocycles. The Hall–Kier alpha value is -2.21. The number of nitrogens with zero attached hydrogens (tertiary/aromatic N) is 3. The minimum Gasteiger partial charge on any atom is -0.352 e. The van der Waals surface area contributed by atoms with Gasteiger partial charge in [0.05, 0.1) is 0 Å². The number of aromatic nitrogens is 3. The number of nitrogens with two attached hydrogens (primary N) is 1. The second-order valence-corrected chi connectivity index (χ2v) is 6.70. The van der Waals surface area contributed by atoms with Crippen molar-refractivity contribution in [2.45, 2.75) is 51.1 Å². The molecule has 1 aromatic heterocycles. The topological polar surface area (TPSA) is 85.8 Å². The summed E-state index contributed by atoms with van der Waals surface area (Å²) in [5.41, 5.74) is 8.54. The molecule has 24 heavy (non-hydrogen) atoms. The number of rotatable bonds is 5. The predicted octanol–water partition coefficient (Wildman–Crippen LogP) is 2.10. The molecule has 2 aromatic rings. The molecule has 0 radical (unpaired) electrons. The molecule has 1 amide bonds. The van der Waals surface area contributed by atoms with Gasteiger partial charge in [-0.1, -0.05) is 38.1 Å². The van der Waals surface area contributed by atoms with E-state index in [9.17, 15) is 4.79 Å². The molecule has 0 bridgehead atoms. The van der Waals surface area contributed by atoms with Gasteiger partial charge in [-0.3, -0.25) is 4.79 Å². The molecule has 128 valence electrons. The molecule has 0 spiro atoms. The Kier molecular flexibility index (Phi) is 4.94. The van der Waals surface area contributed by atoms with Gasteiger partial charge in [0.1, 0.15) is 18.2 Å². The van der Waals surface area contributed by atoms with Crippen LogP contribution in [-0.2, 0) is 11.2 Å². The fourth-order valence-corrected chi connectivity index (χ4v) is 3.11. The SMILES string of the molecule is CC(C)c1ccc(C(N)CNC(=O)C2CCCc3ncnn32)cc1. The van der Waals surface area contributed by atoms with Crippen molar-refractivity contribution in [3.8, 4) is 0 Å². The van der Waals surface area contributed by atoms with E-state index in [4.69, 9.17) is 5.73 Å². The van der Waals surface area contributed by atoms with Crippen LogP contribution in [-0.4, -0.2) is 27.2 Å². The Bertz CT molecular complexity index is 692. The largest absolute Gasteiger partial charge is 0.352 e. The Balaban J connectivity index is 1.58. The summed E-state index contributed by atoms with van der Waals surface area (Å²) in [4.78, 5) is 16.7. The minimum absolute atomic E-state index is 0.0318. The molecule has 6 nitrogen and oxygen atoms in total. The van der Waals surface area contributed by atoms with E-state index in [2.05, 4.69) is 41.4 Å². The maximum absolute atomic E-state index is 12.5. The normalized spacial score (nSPS) is 18.2. The number of amides is 1. The number of fused-ring (bicyclic) bond motifs is 1. The predicted molar refractivity (Wildman–Crippen MR) is 92.5 cm³/mol. The molecule has 3 rings (SSSR count). The van der Waals surface area contributed by atoms with E-state index >= 15 is 0 Å². The van der Waals surface area contributed by atoms with Crippen LogP contribution in [0.4, 0.5) is 0 Å². The van der Waals surface area contributed by atoms with Crippen LogP contribution in [0, 0.1) is 0 Å². The maximum atomic E-state index is 12.5. The molecule has 3 N–H and O–H groups in total. The van der Waals surface area contributed by atoms with E-state index in [-0.39, 0.29) is 18.0 Å². The van der Waals surface area contributed by atoms with Crippen LogP contribution < -0.4 is 11.1 Å². The molecule has 2 atom stereocenters. The van der Waals surface area contributed by atoms with E-state index in [1.54, 1.807) is 4.68 Å². The van der Waals surface area contributed by atoms with E-state index < -0.39 is 0 Å². The summed E-state index contributed by atoms with van der Waals surface area (Å²) in [6.07, 6.45) is 4.15. The van der Waals surface area contributed by atoms with Gasteiger partial charge < -0.3 is 11.1 Å². The van der Waals surface area contributed by atoms with Crippen molar-refractivity contribution in [2.75, 3.05) is 6.54 Å². The van der Waals surface area contributed by atoms with Gasteiger partial charge in [0.2, 0.25) is 5.91 Å². The van der Waals surface area contributed by atoms with Crippen LogP contribution in [0.15, 0.2) is 30.6 Å². The molecular weight excluding hydrogens is 302 g/mol. The van der Waals surface area contributed by atoms with Crippen molar-refractivity contribution >= 4 is 5.91 Å². The molecule has 0 aliphatic carbocycles. The first kappa shape index (κ1) is 16.6. The van der Waals surface area contributed by atoms with E-state index in [1.807, 2.05) is 12.1 Å². The number of hydrogen-bond donors (Lipinski definition) is 2. The third-order valence-corrected chi connectivity index (χ3v) is 4.65. The smallest absolute Gasteiger partial charge is 0.245 e. The number of nitrogens with one attached hydrogen (secondary N) is 1. The number of carbonyl (C=O) groups is 1. The van der Waals surface area contributed by atoms with Gasteiger partial charge in [0.15, 0.2) is 0 Å². The summed E-state index contributed by atoms with van der Waals surface area (Å²) in [7, 11) is 0. The summed E-state index contributed by atoms with van der Waals surface area (Å²) in [5.74, 6) is 1.35. The van der Waals surface area contributed by atoms with Gasteiger partial charge >= 0.3 is 0 Å². The van der Waals surface area contributed by atoms with E-state index in [0.717, 1.165) is 30.7 Å². The Morgan fingerprint density at radius 2 is 2.04 bits per heavy atom. The third kappa shape index (κ3) is 3.48. The fraction of sp³-hybridized carbons (Fsp3) is 0.500. The molecule has 1 aliphatic heterocycles. The number of benzene rings is 1. The molecule has 2 unspecified atom stereocenters. The van der Waals surface area contributed by atoms with Gasteiger partial charge in [-0.2, -0.15) is 5.10 Å². The lowest BCUT2D eigenvalue weighted by Gasteiger charge is -2.23. The van der Waals surface area contributed by atoms with Gasteiger partial charge in [0, 0.05) is 19.0 Å². The van der Waals surface area contributed by atoms with Gasteiger partial charge in [-0.05, 0) is 29.9 Å². The average Bonchev–Trinajstić information content (AvgIpc) is 3.08. The summed E-state index contributed by atoms with van der Waals surface area (Å²) in [5, 5.41) is 7.15. The number of aryl methyl sites for hydroxylation is 1. The minimum atomic E-state index is -0.272. The third-order valence-electron chi connectivity index (χ3n) is 4.65. The lowest BCUT2D eigenvalue weighted by atomic mass is 9.99. The van der Waals surface area contributed by atoms with Crippen molar-refractivity contribution in [2.24, 2.45) is 5.73 Å². The van der Waals surface area contributed by atoms with Crippen LogP contribution in [0.2, 0.25) is 0 Å². The zero-order chi connectivity index (χ0) is 17.1. The van der Waals surface area contributed by atoms with Crippen molar-refractivity contribution in [1.29, 1.82) is 0 Å². The molecule has 0 saturated carbocycles. The average molecular weight is 327 g/mol. The quantitative estimate of drug-likeness (QED) is 0.880. The summed E-state index contributed by atoms with van der Waals surface area (Å²) in [6, 6.07) is 7.81. The molecule has 1 aliphatic rings. The number of carbonyl (C=O) groups excluding carboxylic acids is 1. The van der Waals surface area contributed by atoms with Crippen molar-refractivity contribution in [3.63, 3.8) is 0 Å². The summed E-state index contributed by atoms with van der Waals surface area (Å²) in [6.45, 7) is 4.75. The summed E-state index contributed by atoms with van der Waals surface area (Å²) >= 11 is 0. The first-order valence-corrected chi connectivity index (χ1v) is 8.57. The zero-order valence-corrected chi connectivity index (χ0v) is 14.3. The van der Waals surface area contributed by atoms with Crippen LogP contribution in [0.1, 0.15) is 61.6 Å². The molecular formula is C18H25N5O. The molecule has 0 fully saturated rings. The first-order chi connectivity index (χ1) is 11.6. The first-order valence-electron chi connectivity index (χ1n) is 8.57. The Morgan fingerprint density at radius 1 is 1.33 bits per heavy atom. The molecule has 1 aromatic carbocycles. The second-order valence-electron chi connectivity index (χ2n) is 6.70. The van der Waals surface area contributed by atoms with Crippen LogP contribution in [0.25, 0.3) is 0 Å². The highest BCUT2D eigenvalue weighted by Gasteiger charge is 2.27. The highest BCUT2D eigenvalue weighted by atomic mass is 16.2. The Morgan fingerprint density at radius 3 is 2.75 bits per heavy atom. The second kappa shape index (κ2) is 7.13. The maximum Gasteiger partial charge on any atom is 0.245 e. The number of hydrogen-bond acceptors (Lipinski definition) is 4. The highest BCUT2D eigenvalue weighted by molar-refractivity contribution is 5.80. The lowest BCUT2D eigenvalue weighted by molar-refractivity contribution is -0.125. The summed E-state index contributed by atoms with van der Waals surface area (Å²) < 4.78 is 1.74. The van der Waals surface area contributed by atoms with Crippen LogP contribution in [0.5, 0.6) is 0 Å². The van der Waals surface area contributed by atoms with Gasteiger partial charge in [0.25, 0.3) is 0 Å².